The Balaban J connectivity index is 2.21. The maximum atomic E-state index is 13.2. The fraction of sp³-hybridized carbons (Fsp3) is 0.294. The van der Waals surface area contributed by atoms with E-state index in [2.05, 4.69) is 12.2 Å². The Bertz CT molecular complexity index is 593. The van der Waals surface area contributed by atoms with Gasteiger partial charge in [-0.05, 0) is 26.0 Å². The van der Waals surface area contributed by atoms with Crippen molar-refractivity contribution in [1.82, 2.24) is 5.32 Å². The molecule has 2 aromatic rings. The van der Waals surface area contributed by atoms with Crippen LogP contribution in [0.4, 0.5) is 8.78 Å². The fourth-order valence-electron chi connectivity index (χ4n) is 2.06. The lowest BCUT2D eigenvalue weighted by Crippen LogP contribution is -2.14. The summed E-state index contributed by atoms with van der Waals surface area (Å²) in [4.78, 5) is 0. The monoisotopic (exact) mass is 291 g/mol. The second-order valence-electron chi connectivity index (χ2n) is 5.00. The van der Waals surface area contributed by atoms with Crippen LogP contribution in [0, 0.1) is 18.6 Å². The molecule has 1 N–H and O–H groups in total. The van der Waals surface area contributed by atoms with E-state index in [0.29, 0.717) is 12.3 Å². The van der Waals surface area contributed by atoms with Gasteiger partial charge in [0.1, 0.15) is 23.1 Å². The van der Waals surface area contributed by atoms with E-state index in [4.69, 9.17) is 4.74 Å². The molecule has 0 atom stereocenters. The van der Waals surface area contributed by atoms with Gasteiger partial charge in [-0.15, -0.1) is 0 Å². The van der Waals surface area contributed by atoms with Gasteiger partial charge in [-0.1, -0.05) is 24.6 Å². The number of benzene rings is 2. The largest absolute Gasteiger partial charge is 0.457 e. The van der Waals surface area contributed by atoms with Crippen LogP contribution in [0.3, 0.4) is 0 Å². The number of halogens is 2. The van der Waals surface area contributed by atoms with Crippen molar-refractivity contribution in [1.29, 1.82) is 0 Å². The van der Waals surface area contributed by atoms with Crippen molar-refractivity contribution in [2.45, 2.75) is 26.8 Å². The average molecular weight is 291 g/mol. The Morgan fingerprint density at radius 3 is 2.43 bits per heavy atom. The highest BCUT2D eigenvalue weighted by Gasteiger charge is 2.08. The molecule has 0 spiro atoms. The lowest BCUT2D eigenvalue weighted by atomic mass is 10.1. The van der Waals surface area contributed by atoms with E-state index in [1.807, 2.05) is 25.1 Å². The SMILES string of the molecule is CCCNCc1cc(C)ccc1Oc1cc(F)cc(F)c1. The van der Waals surface area contributed by atoms with Crippen LogP contribution in [0.25, 0.3) is 0 Å². The zero-order chi connectivity index (χ0) is 15.2. The molecule has 4 heteroatoms. The molecule has 2 nitrogen and oxygen atoms in total. The van der Waals surface area contributed by atoms with Crippen LogP contribution in [-0.2, 0) is 6.54 Å². The van der Waals surface area contributed by atoms with Crippen LogP contribution in [0.2, 0.25) is 0 Å². The predicted molar refractivity (Wildman–Crippen MR) is 79.6 cm³/mol. The van der Waals surface area contributed by atoms with Gasteiger partial charge in [0.15, 0.2) is 0 Å². The molecule has 0 heterocycles. The molecule has 0 amide bonds. The summed E-state index contributed by atoms with van der Waals surface area (Å²) in [5.41, 5.74) is 2.08. The first kappa shape index (κ1) is 15.4. The topological polar surface area (TPSA) is 21.3 Å². The van der Waals surface area contributed by atoms with Crippen molar-refractivity contribution < 1.29 is 13.5 Å². The van der Waals surface area contributed by atoms with Gasteiger partial charge in [-0.2, -0.15) is 0 Å². The Hall–Kier alpha value is -1.94. The van der Waals surface area contributed by atoms with Crippen molar-refractivity contribution in [3.8, 4) is 11.5 Å². The number of hydrogen-bond donors (Lipinski definition) is 1. The van der Waals surface area contributed by atoms with Crippen LogP contribution >= 0.6 is 0 Å². The number of rotatable bonds is 6. The molecule has 0 radical (unpaired) electrons. The summed E-state index contributed by atoms with van der Waals surface area (Å²) < 4.78 is 32.1. The smallest absolute Gasteiger partial charge is 0.133 e. The molecule has 21 heavy (non-hydrogen) atoms. The van der Waals surface area contributed by atoms with Gasteiger partial charge >= 0.3 is 0 Å². The van der Waals surface area contributed by atoms with Crippen molar-refractivity contribution in [2.75, 3.05) is 6.54 Å². The van der Waals surface area contributed by atoms with Gasteiger partial charge in [0.05, 0.1) is 0 Å². The molecule has 0 aliphatic carbocycles. The minimum Gasteiger partial charge on any atom is -0.457 e. The quantitative estimate of drug-likeness (QED) is 0.787. The third kappa shape index (κ3) is 4.53. The third-order valence-corrected chi connectivity index (χ3v) is 3.02. The van der Waals surface area contributed by atoms with E-state index in [1.165, 1.54) is 12.1 Å². The van der Waals surface area contributed by atoms with Crippen LogP contribution in [0.15, 0.2) is 36.4 Å². The predicted octanol–water partition coefficient (Wildman–Crippen LogP) is 4.57. The molecule has 2 aromatic carbocycles. The van der Waals surface area contributed by atoms with Crippen molar-refractivity contribution in [3.63, 3.8) is 0 Å². The minimum absolute atomic E-state index is 0.160. The summed E-state index contributed by atoms with van der Waals surface area (Å²) in [7, 11) is 0. The van der Waals surface area contributed by atoms with Crippen molar-refractivity contribution in [3.05, 3.63) is 59.2 Å². The van der Waals surface area contributed by atoms with Gasteiger partial charge < -0.3 is 10.1 Å². The molecule has 0 aromatic heterocycles. The summed E-state index contributed by atoms with van der Waals surface area (Å²) in [6.07, 6.45) is 1.04. The Kier molecular flexibility index (Phi) is 5.28. The summed E-state index contributed by atoms with van der Waals surface area (Å²) in [6.45, 7) is 5.65. The number of aryl methyl sites for hydroxylation is 1. The van der Waals surface area contributed by atoms with E-state index in [-0.39, 0.29) is 5.75 Å². The lowest BCUT2D eigenvalue weighted by molar-refractivity contribution is 0.460. The zero-order valence-electron chi connectivity index (χ0n) is 12.2. The van der Waals surface area contributed by atoms with Crippen LogP contribution in [-0.4, -0.2) is 6.54 Å². The van der Waals surface area contributed by atoms with Crippen LogP contribution in [0.5, 0.6) is 11.5 Å². The van der Waals surface area contributed by atoms with Gasteiger partial charge in [0, 0.05) is 30.3 Å². The highest BCUT2D eigenvalue weighted by molar-refractivity contribution is 5.40. The molecule has 0 saturated heterocycles. The third-order valence-electron chi connectivity index (χ3n) is 3.02. The molecular weight excluding hydrogens is 272 g/mol. The van der Waals surface area contributed by atoms with E-state index >= 15 is 0 Å². The number of hydrogen-bond acceptors (Lipinski definition) is 2. The summed E-state index contributed by atoms with van der Waals surface area (Å²) in [5, 5.41) is 3.30. The maximum Gasteiger partial charge on any atom is 0.133 e. The van der Waals surface area contributed by atoms with Crippen molar-refractivity contribution in [2.24, 2.45) is 0 Å². The first-order valence-electron chi connectivity index (χ1n) is 7.02. The molecule has 0 unspecified atom stereocenters. The fourth-order valence-corrected chi connectivity index (χ4v) is 2.06. The highest BCUT2D eigenvalue weighted by atomic mass is 19.1. The maximum absolute atomic E-state index is 13.2. The minimum atomic E-state index is -0.650. The Labute approximate surface area is 123 Å². The van der Waals surface area contributed by atoms with E-state index < -0.39 is 11.6 Å². The normalized spacial score (nSPS) is 10.7. The van der Waals surface area contributed by atoms with Gasteiger partial charge in [0.25, 0.3) is 0 Å². The summed E-state index contributed by atoms with van der Waals surface area (Å²) in [5.74, 6) is -0.534. The van der Waals surface area contributed by atoms with Crippen molar-refractivity contribution >= 4 is 0 Å². The second kappa shape index (κ2) is 7.18. The van der Waals surface area contributed by atoms with Gasteiger partial charge in [-0.25, -0.2) is 8.78 Å². The molecule has 0 fully saturated rings. The van der Waals surface area contributed by atoms with Crippen LogP contribution < -0.4 is 10.1 Å². The van der Waals surface area contributed by atoms with Gasteiger partial charge in [0.2, 0.25) is 0 Å². The molecule has 2 rings (SSSR count). The molecule has 112 valence electrons. The molecule has 0 saturated carbocycles. The number of ether oxygens (including phenoxy) is 1. The average Bonchev–Trinajstić information content (AvgIpc) is 2.41. The Morgan fingerprint density at radius 2 is 1.76 bits per heavy atom. The zero-order valence-corrected chi connectivity index (χ0v) is 12.2. The molecule has 0 aliphatic heterocycles. The molecule has 0 bridgehead atoms. The summed E-state index contributed by atoms with van der Waals surface area (Å²) in [6, 6.07) is 8.91. The van der Waals surface area contributed by atoms with Gasteiger partial charge in [-0.3, -0.25) is 0 Å². The first-order valence-corrected chi connectivity index (χ1v) is 7.02. The van der Waals surface area contributed by atoms with Crippen LogP contribution in [0.1, 0.15) is 24.5 Å². The standard InChI is InChI=1S/C17H19F2NO/c1-3-6-20-11-13-7-12(2)4-5-17(13)21-16-9-14(18)8-15(19)10-16/h4-5,7-10,20H,3,6,11H2,1-2H3. The number of nitrogens with one attached hydrogen (secondary N) is 1. The van der Waals surface area contributed by atoms with E-state index in [1.54, 1.807) is 0 Å². The lowest BCUT2D eigenvalue weighted by Gasteiger charge is -2.13. The molecular formula is C17H19F2NO. The first-order chi connectivity index (χ1) is 10.1. The summed E-state index contributed by atoms with van der Waals surface area (Å²) >= 11 is 0. The molecule has 0 aliphatic rings. The Morgan fingerprint density at radius 1 is 1.05 bits per heavy atom. The highest BCUT2D eigenvalue weighted by Crippen LogP contribution is 2.27. The second-order valence-corrected chi connectivity index (χ2v) is 5.00. The van der Waals surface area contributed by atoms with E-state index in [9.17, 15) is 8.78 Å². The van der Waals surface area contributed by atoms with E-state index in [0.717, 1.165) is 30.2 Å².